The normalized spacial score (nSPS) is 17.0. The van der Waals surface area contributed by atoms with Crippen molar-refractivity contribution < 1.29 is 4.79 Å². The zero-order valence-corrected chi connectivity index (χ0v) is 17.5. The summed E-state index contributed by atoms with van der Waals surface area (Å²) in [6, 6.07) is 12.1. The average Bonchev–Trinajstić information content (AvgIpc) is 2.85. The van der Waals surface area contributed by atoms with Gasteiger partial charge in [0.1, 0.15) is 0 Å². The molecule has 134 valence electrons. The topological polar surface area (TPSA) is 44.7 Å². The number of carbonyl (C=O) groups is 1. The van der Waals surface area contributed by atoms with Crippen LogP contribution in [0.1, 0.15) is 16.7 Å². The molecular weight excluding hydrogens is 410 g/mol. The molecular formula is C20H20BrN3OS. The van der Waals surface area contributed by atoms with E-state index in [2.05, 4.69) is 32.3 Å². The summed E-state index contributed by atoms with van der Waals surface area (Å²) in [7, 11) is 3.99. The molecule has 0 atom stereocenters. The molecule has 6 heteroatoms. The first kappa shape index (κ1) is 18.7. The second-order valence-electron chi connectivity index (χ2n) is 6.43. The Morgan fingerprint density at radius 1 is 1.12 bits per heavy atom. The maximum atomic E-state index is 12.3. The molecule has 0 spiro atoms. The van der Waals surface area contributed by atoms with Crippen LogP contribution in [0.2, 0.25) is 0 Å². The summed E-state index contributed by atoms with van der Waals surface area (Å²) < 4.78 is 0.990. The van der Waals surface area contributed by atoms with Gasteiger partial charge in [-0.1, -0.05) is 12.1 Å². The van der Waals surface area contributed by atoms with E-state index in [0.29, 0.717) is 10.1 Å². The Balaban J connectivity index is 1.84. The van der Waals surface area contributed by atoms with Crippen molar-refractivity contribution in [1.29, 1.82) is 0 Å². The van der Waals surface area contributed by atoms with E-state index in [-0.39, 0.29) is 5.91 Å². The number of aliphatic imine (C=N–C) groups is 1. The fourth-order valence-corrected chi connectivity index (χ4v) is 4.33. The van der Waals surface area contributed by atoms with Crippen LogP contribution >= 0.6 is 27.7 Å². The molecule has 0 aliphatic carbocycles. The lowest BCUT2D eigenvalue weighted by Crippen LogP contribution is -2.19. The lowest BCUT2D eigenvalue weighted by Gasteiger charge is -2.14. The number of thioether (sulfide) groups is 1. The highest BCUT2D eigenvalue weighted by molar-refractivity contribution is 9.10. The van der Waals surface area contributed by atoms with Crippen LogP contribution in [0.3, 0.4) is 0 Å². The highest BCUT2D eigenvalue weighted by Crippen LogP contribution is 2.31. The Labute approximate surface area is 166 Å². The van der Waals surface area contributed by atoms with Gasteiger partial charge in [-0.3, -0.25) is 4.79 Å². The van der Waals surface area contributed by atoms with Crippen molar-refractivity contribution in [1.82, 2.24) is 5.32 Å². The summed E-state index contributed by atoms with van der Waals surface area (Å²) in [4.78, 5) is 19.5. The highest BCUT2D eigenvalue weighted by Gasteiger charge is 2.24. The van der Waals surface area contributed by atoms with E-state index >= 15 is 0 Å². The number of nitrogens with one attached hydrogen (secondary N) is 1. The Morgan fingerprint density at radius 2 is 1.81 bits per heavy atom. The van der Waals surface area contributed by atoms with Crippen LogP contribution in [0.15, 0.2) is 50.8 Å². The largest absolute Gasteiger partial charge is 0.377 e. The minimum Gasteiger partial charge on any atom is -0.377 e. The minimum absolute atomic E-state index is 0.120. The van der Waals surface area contributed by atoms with Crippen molar-refractivity contribution in [3.63, 3.8) is 0 Å². The van der Waals surface area contributed by atoms with E-state index in [0.717, 1.165) is 32.5 Å². The van der Waals surface area contributed by atoms with Crippen molar-refractivity contribution in [2.75, 3.05) is 19.0 Å². The first-order valence-corrected chi connectivity index (χ1v) is 9.77. The van der Waals surface area contributed by atoms with Gasteiger partial charge in [0.2, 0.25) is 0 Å². The predicted molar refractivity (Wildman–Crippen MR) is 115 cm³/mol. The van der Waals surface area contributed by atoms with Gasteiger partial charge in [0.15, 0.2) is 5.17 Å². The lowest BCUT2D eigenvalue weighted by atomic mass is 10.1. The van der Waals surface area contributed by atoms with Crippen molar-refractivity contribution in [3.8, 4) is 0 Å². The predicted octanol–water partition coefficient (Wildman–Crippen LogP) is 5.02. The molecule has 1 N–H and O–H groups in total. The molecule has 0 bridgehead atoms. The number of nitrogens with zero attached hydrogens (tertiary/aromatic N) is 2. The van der Waals surface area contributed by atoms with E-state index in [1.54, 1.807) is 0 Å². The van der Waals surface area contributed by atoms with Crippen LogP contribution in [0.4, 0.5) is 11.4 Å². The molecule has 0 radical (unpaired) electrons. The van der Waals surface area contributed by atoms with Gasteiger partial charge in [0.25, 0.3) is 5.91 Å². The molecule has 0 saturated carbocycles. The zero-order chi connectivity index (χ0) is 18.8. The number of halogens is 1. The van der Waals surface area contributed by atoms with Gasteiger partial charge in [-0.15, -0.1) is 0 Å². The third-order valence-corrected chi connectivity index (χ3v) is 5.38. The summed E-state index contributed by atoms with van der Waals surface area (Å²) in [6.45, 7) is 4.08. The smallest absolute Gasteiger partial charge is 0.264 e. The molecule has 1 heterocycles. The highest BCUT2D eigenvalue weighted by atomic mass is 79.9. The van der Waals surface area contributed by atoms with E-state index < -0.39 is 0 Å². The second-order valence-corrected chi connectivity index (χ2v) is 8.32. The quantitative estimate of drug-likeness (QED) is 0.696. The number of rotatable bonds is 3. The van der Waals surface area contributed by atoms with Crippen LogP contribution in [-0.4, -0.2) is 25.2 Å². The molecule has 2 aromatic rings. The summed E-state index contributed by atoms with van der Waals surface area (Å²) in [5, 5.41) is 3.45. The summed E-state index contributed by atoms with van der Waals surface area (Å²) in [5.74, 6) is -0.120. The number of aryl methyl sites for hydroxylation is 2. The van der Waals surface area contributed by atoms with Crippen LogP contribution in [-0.2, 0) is 4.79 Å². The molecule has 1 fully saturated rings. The Bertz CT molecular complexity index is 914. The van der Waals surface area contributed by atoms with E-state index in [1.807, 2.05) is 69.3 Å². The SMILES string of the molecule is Cc1cc(C)cc(N=C2NC(=O)C(=Cc3ccc(N(C)C)c(Br)c3)S2)c1. The maximum absolute atomic E-state index is 12.3. The first-order chi connectivity index (χ1) is 12.3. The van der Waals surface area contributed by atoms with Gasteiger partial charge >= 0.3 is 0 Å². The Hall–Kier alpha value is -2.05. The minimum atomic E-state index is -0.120. The number of amidine groups is 1. The van der Waals surface area contributed by atoms with Crippen molar-refractivity contribution in [3.05, 3.63) is 62.5 Å². The molecule has 4 nitrogen and oxygen atoms in total. The van der Waals surface area contributed by atoms with Crippen LogP contribution in [0, 0.1) is 13.8 Å². The van der Waals surface area contributed by atoms with Crippen molar-refractivity contribution >= 4 is 56.2 Å². The average molecular weight is 430 g/mol. The molecule has 1 aliphatic heterocycles. The number of benzene rings is 2. The van der Waals surface area contributed by atoms with E-state index in [1.165, 1.54) is 11.8 Å². The summed E-state index contributed by atoms with van der Waals surface area (Å²) in [5.41, 5.74) is 5.21. The standard InChI is InChI=1S/C20H20BrN3OS/c1-12-7-13(2)9-15(8-12)22-20-23-19(25)18(26-20)11-14-5-6-17(24(3)4)16(21)10-14/h5-11H,1-4H3,(H,22,23,25). The third-order valence-electron chi connectivity index (χ3n) is 3.84. The lowest BCUT2D eigenvalue weighted by molar-refractivity contribution is -0.115. The fraction of sp³-hybridized carbons (Fsp3) is 0.200. The number of hydrogen-bond donors (Lipinski definition) is 1. The second kappa shape index (κ2) is 7.68. The number of anilines is 1. The first-order valence-electron chi connectivity index (χ1n) is 8.16. The van der Waals surface area contributed by atoms with Gasteiger partial charge in [0.05, 0.1) is 16.3 Å². The van der Waals surface area contributed by atoms with Gasteiger partial charge < -0.3 is 10.2 Å². The third kappa shape index (κ3) is 4.37. The van der Waals surface area contributed by atoms with E-state index in [4.69, 9.17) is 0 Å². The molecule has 3 rings (SSSR count). The number of amides is 1. The Kier molecular flexibility index (Phi) is 5.53. The molecule has 1 saturated heterocycles. The van der Waals surface area contributed by atoms with Crippen LogP contribution in [0.25, 0.3) is 6.08 Å². The maximum Gasteiger partial charge on any atom is 0.264 e. The van der Waals surface area contributed by atoms with Gasteiger partial charge in [-0.2, -0.15) is 0 Å². The van der Waals surface area contributed by atoms with Crippen molar-refractivity contribution in [2.45, 2.75) is 13.8 Å². The zero-order valence-electron chi connectivity index (χ0n) is 15.1. The Morgan fingerprint density at radius 3 is 2.42 bits per heavy atom. The molecule has 1 aliphatic rings. The van der Waals surface area contributed by atoms with Crippen molar-refractivity contribution in [2.24, 2.45) is 4.99 Å². The van der Waals surface area contributed by atoms with Gasteiger partial charge in [-0.25, -0.2) is 4.99 Å². The molecule has 0 aromatic heterocycles. The molecule has 0 unspecified atom stereocenters. The number of carbonyl (C=O) groups excluding carboxylic acids is 1. The summed E-state index contributed by atoms with van der Waals surface area (Å²) in [6.07, 6.45) is 1.88. The molecule has 26 heavy (non-hydrogen) atoms. The number of hydrogen-bond acceptors (Lipinski definition) is 4. The fourth-order valence-electron chi connectivity index (χ4n) is 2.74. The van der Waals surface area contributed by atoms with Crippen LogP contribution in [0.5, 0.6) is 0 Å². The monoisotopic (exact) mass is 429 g/mol. The van der Waals surface area contributed by atoms with Gasteiger partial charge in [-0.05, 0) is 88.6 Å². The molecule has 1 amide bonds. The summed E-state index contributed by atoms with van der Waals surface area (Å²) >= 11 is 4.94. The van der Waals surface area contributed by atoms with Gasteiger partial charge in [0, 0.05) is 18.6 Å². The van der Waals surface area contributed by atoms with Crippen LogP contribution < -0.4 is 10.2 Å². The molecule has 2 aromatic carbocycles. The van der Waals surface area contributed by atoms with E-state index in [9.17, 15) is 4.79 Å².